The van der Waals surface area contributed by atoms with Crippen LogP contribution in [0.5, 0.6) is 0 Å². The number of carbonyl (C=O) groups is 1. The normalized spacial score (nSPS) is 14.5. The monoisotopic (exact) mass is 357 g/mol. The van der Waals surface area contributed by atoms with Crippen molar-refractivity contribution in [3.8, 4) is 11.8 Å². The number of amides is 1. The van der Waals surface area contributed by atoms with Gasteiger partial charge in [0, 0.05) is 17.7 Å². The van der Waals surface area contributed by atoms with Gasteiger partial charge in [0.05, 0.1) is 0 Å². The van der Waals surface area contributed by atoms with Gasteiger partial charge in [-0.15, -0.1) is 0 Å². The molecule has 0 aliphatic carbocycles. The van der Waals surface area contributed by atoms with E-state index in [0.717, 1.165) is 12.8 Å². The summed E-state index contributed by atoms with van der Waals surface area (Å²) in [5.74, 6) is 6.43. The number of hydrogen-bond donors (Lipinski definition) is 3. The number of nitrogens with zero attached hydrogens (tertiary/aromatic N) is 1. The van der Waals surface area contributed by atoms with Gasteiger partial charge < -0.3 is 15.8 Å². The van der Waals surface area contributed by atoms with Crippen molar-refractivity contribution in [2.45, 2.75) is 59.5 Å². The van der Waals surface area contributed by atoms with Crippen molar-refractivity contribution in [2.75, 3.05) is 5.32 Å². The number of aromatic nitrogens is 1. The first kappa shape index (κ1) is 21.9. The standard InChI is InChI=1S/C21H31N3O2/c1-6-15(2)13-18(16(3)10-12-22)20(25)24-19-8-7-17(14-23-19)9-11-21(4,5)26/h7-8,12,14-16,18,22,26H,6,10,13H2,1-5H3,(H,23,24,25)/t15-,16-,18+/m0/s1. The largest absolute Gasteiger partial charge is 0.378 e. The molecule has 1 rings (SSSR count). The fraction of sp³-hybridized carbons (Fsp3) is 0.571. The lowest BCUT2D eigenvalue weighted by Gasteiger charge is -2.24. The molecule has 0 saturated heterocycles. The van der Waals surface area contributed by atoms with Crippen LogP contribution >= 0.6 is 0 Å². The number of carbonyl (C=O) groups excluding carboxylic acids is 1. The Balaban J connectivity index is 2.84. The first-order chi connectivity index (χ1) is 12.2. The average molecular weight is 357 g/mol. The quantitative estimate of drug-likeness (QED) is 0.487. The maximum absolute atomic E-state index is 12.7. The van der Waals surface area contributed by atoms with E-state index >= 15 is 0 Å². The number of pyridine rings is 1. The summed E-state index contributed by atoms with van der Waals surface area (Å²) in [4.78, 5) is 17.0. The van der Waals surface area contributed by atoms with Gasteiger partial charge in [0.1, 0.15) is 11.4 Å². The molecule has 5 nitrogen and oxygen atoms in total. The highest BCUT2D eigenvalue weighted by Gasteiger charge is 2.26. The molecular weight excluding hydrogens is 326 g/mol. The molecule has 26 heavy (non-hydrogen) atoms. The van der Waals surface area contributed by atoms with Crippen LogP contribution in [0.3, 0.4) is 0 Å². The van der Waals surface area contributed by atoms with Crippen LogP contribution in [0.4, 0.5) is 5.82 Å². The first-order valence-corrected chi connectivity index (χ1v) is 9.17. The fourth-order valence-corrected chi connectivity index (χ4v) is 2.53. The summed E-state index contributed by atoms with van der Waals surface area (Å²) in [5.41, 5.74) is -0.375. The molecule has 142 valence electrons. The number of anilines is 1. The number of hydrogen-bond acceptors (Lipinski definition) is 4. The van der Waals surface area contributed by atoms with Crippen molar-refractivity contribution in [3.05, 3.63) is 23.9 Å². The molecule has 5 heteroatoms. The molecule has 0 aliphatic heterocycles. The van der Waals surface area contributed by atoms with Crippen LogP contribution in [0.15, 0.2) is 18.3 Å². The summed E-state index contributed by atoms with van der Waals surface area (Å²) in [7, 11) is 0. The molecule has 0 aliphatic rings. The Kier molecular flexibility index (Phi) is 8.47. The van der Waals surface area contributed by atoms with E-state index in [1.165, 1.54) is 6.21 Å². The second-order valence-corrected chi connectivity index (χ2v) is 7.50. The molecule has 3 N–H and O–H groups in total. The van der Waals surface area contributed by atoms with Gasteiger partial charge in [-0.3, -0.25) is 4.79 Å². The minimum atomic E-state index is -1.05. The van der Waals surface area contributed by atoms with Gasteiger partial charge in [-0.1, -0.05) is 39.0 Å². The molecule has 1 aromatic heterocycles. The Morgan fingerprint density at radius 3 is 2.62 bits per heavy atom. The predicted molar refractivity (Wildman–Crippen MR) is 106 cm³/mol. The highest BCUT2D eigenvalue weighted by molar-refractivity contribution is 5.92. The van der Waals surface area contributed by atoms with Gasteiger partial charge >= 0.3 is 0 Å². The molecule has 0 bridgehead atoms. The number of nitrogens with one attached hydrogen (secondary N) is 2. The van der Waals surface area contributed by atoms with Gasteiger partial charge in [-0.2, -0.15) is 0 Å². The summed E-state index contributed by atoms with van der Waals surface area (Å²) in [5, 5.41) is 19.8. The third-order valence-electron chi connectivity index (χ3n) is 4.39. The summed E-state index contributed by atoms with van der Waals surface area (Å²) in [6.45, 7) is 9.52. The fourth-order valence-electron chi connectivity index (χ4n) is 2.53. The predicted octanol–water partition coefficient (Wildman–Crippen LogP) is 3.87. The summed E-state index contributed by atoms with van der Waals surface area (Å²) < 4.78 is 0. The Bertz CT molecular complexity index is 651. The van der Waals surface area contributed by atoms with E-state index in [1.807, 2.05) is 6.92 Å². The Morgan fingerprint density at radius 2 is 2.12 bits per heavy atom. The second kappa shape index (κ2) is 10.1. The van der Waals surface area contributed by atoms with E-state index in [0.29, 0.717) is 23.7 Å². The third-order valence-corrected chi connectivity index (χ3v) is 4.39. The molecule has 0 radical (unpaired) electrons. The molecule has 0 fully saturated rings. The maximum Gasteiger partial charge on any atom is 0.228 e. The van der Waals surface area contributed by atoms with E-state index in [4.69, 9.17) is 5.41 Å². The summed E-state index contributed by atoms with van der Waals surface area (Å²) in [6.07, 6.45) is 5.36. The SMILES string of the molecule is CC[C@H](C)C[C@@H](C(=O)Nc1ccc(C#CC(C)(C)O)cn1)[C@@H](C)CC=N. The second-order valence-electron chi connectivity index (χ2n) is 7.50. The zero-order chi connectivity index (χ0) is 19.7. The van der Waals surface area contributed by atoms with Crippen molar-refractivity contribution < 1.29 is 9.90 Å². The lowest BCUT2D eigenvalue weighted by atomic mass is 9.83. The molecule has 0 saturated carbocycles. The third kappa shape index (κ3) is 7.79. The van der Waals surface area contributed by atoms with Crippen LogP contribution in [0.25, 0.3) is 0 Å². The maximum atomic E-state index is 12.7. The molecule has 1 aromatic rings. The smallest absolute Gasteiger partial charge is 0.228 e. The van der Waals surface area contributed by atoms with Crippen LogP contribution in [-0.2, 0) is 4.79 Å². The van der Waals surface area contributed by atoms with Crippen molar-refractivity contribution >= 4 is 17.9 Å². The lowest BCUT2D eigenvalue weighted by Crippen LogP contribution is -2.30. The van der Waals surface area contributed by atoms with Gasteiger partial charge in [0.25, 0.3) is 0 Å². The molecule has 0 spiro atoms. The van der Waals surface area contributed by atoms with Gasteiger partial charge in [0.2, 0.25) is 5.91 Å². The molecular formula is C21H31N3O2. The zero-order valence-electron chi connectivity index (χ0n) is 16.5. The van der Waals surface area contributed by atoms with Crippen LogP contribution in [0, 0.1) is 35.0 Å². The summed E-state index contributed by atoms with van der Waals surface area (Å²) in [6, 6.07) is 3.49. The Hall–Kier alpha value is -2.19. The molecule has 0 unspecified atom stereocenters. The minimum absolute atomic E-state index is 0.0533. The van der Waals surface area contributed by atoms with Crippen LogP contribution in [0.1, 0.15) is 59.4 Å². The van der Waals surface area contributed by atoms with E-state index in [2.05, 4.69) is 36.0 Å². The zero-order valence-corrected chi connectivity index (χ0v) is 16.5. The highest BCUT2D eigenvalue weighted by Crippen LogP contribution is 2.25. The number of rotatable bonds is 8. The van der Waals surface area contributed by atoms with Crippen LogP contribution < -0.4 is 5.32 Å². The van der Waals surface area contributed by atoms with Crippen molar-refractivity contribution in [1.82, 2.24) is 4.98 Å². The van der Waals surface area contributed by atoms with E-state index in [9.17, 15) is 9.90 Å². The number of aliphatic hydroxyl groups is 1. The lowest BCUT2D eigenvalue weighted by molar-refractivity contribution is -0.121. The molecule has 0 aromatic carbocycles. The summed E-state index contributed by atoms with van der Waals surface area (Å²) >= 11 is 0. The van der Waals surface area contributed by atoms with Crippen LogP contribution in [-0.4, -0.2) is 27.8 Å². The van der Waals surface area contributed by atoms with E-state index < -0.39 is 5.60 Å². The Labute approximate surface area is 157 Å². The van der Waals surface area contributed by atoms with Gasteiger partial charge in [0.15, 0.2) is 0 Å². The topological polar surface area (TPSA) is 86.1 Å². The highest BCUT2D eigenvalue weighted by atomic mass is 16.3. The van der Waals surface area contributed by atoms with E-state index in [1.54, 1.807) is 32.2 Å². The van der Waals surface area contributed by atoms with Crippen molar-refractivity contribution in [1.29, 1.82) is 5.41 Å². The minimum Gasteiger partial charge on any atom is -0.378 e. The Morgan fingerprint density at radius 1 is 1.42 bits per heavy atom. The molecule has 1 amide bonds. The van der Waals surface area contributed by atoms with Gasteiger partial charge in [-0.05, 0) is 56.9 Å². The van der Waals surface area contributed by atoms with Crippen LogP contribution in [0.2, 0.25) is 0 Å². The average Bonchev–Trinajstić information content (AvgIpc) is 2.58. The van der Waals surface area contributed by atoms with E-state index in [-0.39, 0.29) is 17.7 Å². The van der Waals surface area contributed by atoms with Crippen molar-refractivity contribution in [3.63, 3.8) is 0 Å². The molecule has 1 heterocycles. The first-order valence-electron chi connectivity index (χ1n) is 9.17. The van der Waals surface area contributed by atoms with Crippen molar-refractivity contribution in [2.24, 2.45) is 17.8 Å². The molecule has 3 atom stereocenters. The van der Waals surface area contributed by atoms with Gasteiger partial charge in [-0.25, -0.2) is 4.98 Å².